The largest absolute Gasteiger partial charge is 0.493 e. The molecule has 1 aliphatic heterocycles. The predicted octanol–water partition coefficient (Wildman–Crippen LogP) is 3.92. The third kappa shape index (κ3) is 3.81. The summed E-state index contributed by atoms with van der Waals surface area (Å²) in [6.07, 6.45) is 0.420. The number of anilines is 1. The van der Waals surface area contributed by atoms with Crippen molar-refractivity contribution in [2.75, 3.05) is 11.9 Å². The molecule has 1 heterocycles. The maximum atomic E-state index is 14.0. The number of carbonyl (C=O) groups is 2. The smallest absolute Gasteiger partial charge is 0.277 e. The maximum Gasteiger partial charge on any atom is 0.277 e. The highest BCUT2D eigenvalue weighted by molar-refractivity contribution is 6.08. The lowest BCUT2D eigenvalue weighted by Gasteiger charge is -2.13. The molecule has 0 aromatic heterocycles. The van der Waals surface area contributed by atoms with E-state index in [1.807, 2.05) is 12.1 Å². The van der Waals surface area contributed by atoms with Crippen LogP contribution in [0.5, 0.6) is 17.2 Å². The topological polar surface area (TPSA) is 96.9 Å². The molecule has 1 aliphatic rings. The fourth-order valence-corrected chi connectivity index (χ4v) is 3.16. The first-order chi connectivity index (χ1) is 14.6. The average molecular weight is 408 g/mol. The number of hydroxylamine groups is 1. The Kier molecular flexibility index (Phi) is 5.32. The van der Waals surface area contributed by atoms with Gasteiger partial charge in [0.15, 0.2) is 5.75 Å². The van der Waals surface area contributed by atoms with Crippen molar-refractivity contribution in [2.24, 2.45) is 0 Å². The van der Waals surface area contributed by atoms with Crippen LogP contribution in [0.15, 0.2) is 60.7 Å². The van der Waals surface area contributed by atoms with E-state index in [1.165, 1.54) is 17.6 Å². The summed E-state index contributed by atoms with van der Waals surface area (Å²) in [6.45, 7) is 0.199. The standard InChI is InChI=1S/C22H17FN2O5/c23-17-12-14(8-9-15(17)22(27)25-28)29-11-10-13-4-3-7-19-20(13)24-21(26)16-5-1-2-6-18(16)30-19/h1-9,12,28H,10-11H2,(H,24,26)(H,25,27). The third-order valence-electron chi connectivity index (χ3n) is 4.63. The van der Waals surface area contributed by atoms with Gasteiger partial charge in [0.2, 0.25) is 0 Å². The normalized spacial score (nSPS) is 12.0. The van der Waals surface area contributed by atoms with E-state index in [1.54, 1.807) is 30.3 Å². The highest BCUT2D eigenvalue weighted by Crippen LogP contribution is 2.37. The molecule has 3 aromatic rings. The quantitative estimate of drug-likeness (QED) is 0.439. The van der Waals surface area contributed by atoms with Gasteiger partial charge in [-0.1, -0.05) is 24.3 Å². The van der Waals surface area contributed by atoms with Crippen LogP contribution in [0.1, 0.15) is 26.3 Å². The number of para-hydroxylation sites is 2. The molecule has 0 radical (unpaired) electrons. The minimum absolute atomic E-state index is 0.199. The zero-order valence-corrected chi connectivity index (χ0v) is 15.6. The number of carbonyl (C=O) groups excluding carboxylic acids is 2. The molecule has 0 aliphatic carbocycles. The second-order valence-corrected chi connectivity index (χ2v) is 6.52. The molecule has 4 rings (SSSR count). The number of rotatable bonds is 5. The number of benzene rings is 3. The summed E-state index contributed by atoms with van der Waals surface area (Å²) in [5.74, 6) is -0.788. The Balaban J connectivity index is 1.48. The molecule has 2 amide bonds. The van der Waals surface area contributed by atoms with Crippen molar-refractivity contribution in [1.29, 1.82) is 0 Å². The Morgan fingerprint density at radius 2 is 1.90 bits per heavy atom. The number of amides is 2. The first-order valence-electron chi connectivity index (χ1n) is 9.13. The van der Waals surface area contributed by atoms with Crippen LogP contribution in [-0.4, -0.2) is 23.6 Å². The average Bonchev–Trinajstić information content (AvgIpc) is 2.90. The van der Waals surface area contributed by atoms with Gasteiger partial charge in [-0.3, -0.25) is 14.8 Å². The Morgan fingerprint density at radius 3 is 2.70 bits per heavy atom. The minimum Gasteiger partial charge on any atom is -0.493 e. The molecule has 3 N–H and O–H groups in total. The summed E-state index contributed by atoms with van der Waals surface area (Å²) in [5, 5.41) is 11.5. The monoisotopic (exact) mass is 408 g/mol. The van der Waals surface area contributed by atoms with Gasteiger partial charge in [-0.05, 0) is 35.9 Å². The number of nitrogens with one attached hydrogen (secondary N) is 2. The lowest BCUT2D eigenvalue weighted by atomic mass is 10.1. The molecular weight excluding hydrogens is 391 g/mol. The van der Waals surface area contributed by atoms with Gasteiger partial charge in [0.05, 0.1) is 23.4 Å². The summed E-state index contributed by atoms with van der Waals surface area (Å²) in [5.41, 5.74) is 2.89. The first-order valence-corrected chi connectivity index (χ1v) is 9.13. The molecule has 0 atom stereocenters. The Labute approximate surface area is 171 Å². The summed E-state index contributed by atoms with van der Waals surface area (Å²) in [4.78, 5) is 23.9. The second-order valence-electron chi connectivity index (χ2n) is 6.52. The van der Waals surface area contributed by atoms with Gasteiger partial charge in [-0.25, -0.2) is 9.87 Å². The van der Waals surface area contributed by atoms with E-state index in [0.29, 0.717) is 29.2 Å². The molecule has 3 aromatic carbocycles. The van der Waals surface area contributed by atoms with E-state index < -0.39 is 11.7 Å². The molecule has 30 heavy (non-hydrogen) atoms. The van der Waals surface area contributed by atoms with Crippen LogP contribution in [0.25, 0.3) is 0 Å². The molecule has 152 valence electrons. The van der Waals surface area contributed by atoms with Crippen molar-refractivity contribution in [3.8, 4) is 17.2 Å². The van der Waals surface area contributed by atoms with Crippen LogP contribution in [-0.2, 0) is 6.42 Å². The van der Waals surface area contributed by atoms with E-state index in [0.717, 1.165) is 11.6 Å². The van der Waals surface area contributed by atoms with Gasteiger partial charge < -0.3 is 14.8 Å². The van der Waals surface area contributed by atoms with Crippen LogP contribution in [0.3, 0.4) is 0 Å². The molecule has 8 heteroatoms. The van der Waals surface area contributed by atoms with Crippen molar-refractivity contribution < 1.29 is 28.7 Å². The van der Waals surface area contributed by atoms with E-state index in [4.69, 9.17) is 14.7 Å². The fourth-order valence-electron chi connectivity index (χ4n) is 3.16. The molecule has 0 fully saturated rings. The van der Waals surface area contributed by atoms with Gasteiger partial charge >= 0.3 is 0 Å². The Bertz CT molecular complexity index is 1130. The SMILES string of the molecule is O=C(NO)c1ccc(OCCc2cccc3c2NC(=O)c2ccccc2O3)cc1F. The molecule has 0 spiro atoms. The molecule has 0 unspecified atom stereocenters. The van der Waals surface area contributed by atoms with Crippen LogP contribution < -0.4 is 20.3 Å². The van der Waals surface area contributed by atoms with Crippen molar-refractivity contribution >= 4 is 17.5 Å². The van der Waals surface area contributed by atoms with Gasteiger partial charge in [-0.15, -0.1) is 0 Å². The number of hydrogen-bond acceptors (Lipinski definition) is 5. The van der Waals surface area contributed by atoms with Crippen LogP contribution in [0.4, 0.5) is 10.1 Å². The minimum atomic E-state index is -0.942. The Morgan fingerprint density at radius 1 is 1.10 bits per heavy atom. The molecule has 0 saturated heterocycles. The number of ether oxygens (including phenoxy) is 2. The van der Waals surface area contributed by atoms with Gasteiger partial charge in [-0.2, -0.15) is 0 Å². The van der Waals surface area contributed by atoms with Gasteiger partial charge in [0.25, 0.3) is 11.8 Å². The Hall–Kier alpha value is -3.91. The van der Waals surface area contributed by atoms with E-state index in [-0.39, 0.29) is 23.8 Å². The number of hydrogen-bond donors (Lipinski definition) is 3. The van der Waals surface area contributed by atoms with Crippen molar-refractivity contribution in [2.45, 2.75) is 6.42 Å². The molecular formula is C22H17FN2O5. The third-order valence-corrected chi connectivity index (χ3v) is 4.63. The van der Waals surface area contributed by atoms with E-state index in [2.05, 4.69) is 5.32 Å². The molecule has 0 saturated carbocycles. The first kappa shape index (κ1) is 19.4. The summed E-state index contributed by atoms with van der Waals surface area (Å²) < 4.78 is 25.5. The van der Waals surface area contributed by atoms with Crippen molar-refractivity contribution in [1.82, 2.24) is 5.48 Å². The number of halogens is 1. The zero-order valence-electron chi connectivity index (χ0n) is 15.6. The summed E-state index contributed by atoms with van der Waals surface area (Å²) in [7, 11) is 0. The molecule has 7 nitrogen and oxygen atoms in total. The van der Waals surface area contributed by atoms with Crippen molar-refractivity contribution in [3.05, 3.63) is 83.2 Å². The molecule has 0 bridgehead atoms. The number of fused-ring (bicyclic) bond motifs is 2. The lowest BCUT2D eigenvalue weighted by Crippen LogP contribution is -2.20. The van der Waals surface area contributed by atoms with Gasteiger partial charge in [0, 0.05) is 12.5 Å². The summed E-state index contributed by atoms with van der Waals surface area (Å²) >= 11 is 0. The fraction of sp³-hybridized carbons (Fsp3) is 0.0909. The zero-order chi connectivity index (χ0) is 21.1. The highest BCUT2D eigenvalue weighted by Gasteiger charge is 2.22. The summed E-state index contributed by atoms with van der Waals surface area (Å²) in [6, 6.07) is 16.1. The lowest BCUT2D eigenvalue weighted by molar-refractivity contribution is 0.0701. The van der Waals surface area contributed by atoms with Crippen LogP contribution >= 0.6 is 0 Å². The van der Waals surface area contributed by atoms with Crippen molar-refractivity contribution in [3.63, 3.8) is 0 Å². The van der Waals surface area contributed by atoms with Crippen LogP contribution in [0.2, 0.25) is 0 Å². The maximum absolute atomic E-state index is 14.0. The second kappa shape index (κ2) is 8.22. The van der Waals surface area contributed by atoms with E-state index in [9.17, 15) is 14.0 Å². The highest BCUT2D eigenvalue weighted by atomic mass is 19.1. The van der Waals surface area contributed by atoms with Gasteiger partial charge in [0.1, 0.15) is 17.3 Å². The van der Waals surface area contributed by atoms with Crippen LogP contribution in [0, 0.1) is 5.82 Å². The van der Waals surface area contributed by atoms with E-state index >= 15 is 0 Å². The predicted molar refractivity (Wildman–Crippen MR) is 106 cm³/mol.